The minimum Gasteiger partial charge on any atom is -0.465 e. The van der Waals surface area contributed by atoms with E-state index in [0.717, 1.165) is 22.2 Å². The van der Waals surface area contributed by atoms with Crippen LogP contribution in [0.5, 0.6) is 0 Å². The lowest BCUT2D eigenvalue weighted by Gasteiger charge is -2.24. The Balaban J connectivity index is 1.88. The quantitative estimate of drug-likeness (QED) is 0.694. The summed E-state index contributed by atoms with van der Waals surface area (Å²) in [6, 6.07) is 14.6. The summed E-state index contributed by atoms with van der Waals surface area (Å²) in [6.45, 7) is 5.80. The molecule has 2 aromatic carbocycles. The molecule has 0 unspecified atom stereocenters. The second kappa shape index (κ2) is 6.67. The number of rotatable bonds is 4. The van der Waals surface area contributed by atoms with E-state index >= 15 is 0 Å². The molecule has 0 radical (unpaired) electrons. The molecular weight excluding hydrogens is 328 g/mol. The predicted octanol–water partition coefficient (Wildman–Crippen LogP) is 4.18. The lowest BCUT2D eigenvalue weighted by atomic mass is 9.81. The van der Waals surface area contributed by atoms with E-state index < -0.39 is 11.4 Å². The number of esters is 1. The molecule has 0 fully saturated rings. The number of aromatic nitrogens is 1. The summed E-state index contributed by atoms with van der Waals surface area (Å²) in [5, 5.41) is 3.99. The van der Waals surface area contributed by atoms with Crippen molar-refractivity contribution in [2.45, 2.75) is 26.2 Å². The van der Waals surface area contributed by atoms with Gasteiger partial charge in [0.25, 0.3) is 0 Å². The topological polar surface area (TPSA) is 71.2 Å². The zero-order chi connectivity index (χ0) is 18.9. The van der Waals surface area contributed by atoms with E-state index in [1.807, 2.05) is 45.0 Å². The molecule has 134 valence electrons. The second-order valence-corrected chi connectivity index (χ2v) is 6.82. The van der Waals surface area contributed by atoms with Crippen molar-refractivity contribution in [1.29, 1.82) is 0 Å². The van der Waals surface area contributed by atoms with Gasteiger partial charge in [-0.25, -0.2) is 4.79 Å². The average molecular weight is 350 g/mol. The van der Waals surface area contributed by atoms with Crippen molar-refractivity contribution in [3.8, 4) is 0 Å². The van der Waals surface area contributed by atoms with Crippen LogP contribution in [0.1, 0.15) is 35.5 Å². The van der Waals surface area contributed by atoms with Crippen LogP contribution in [0, 0.1) is 6.92 Å². The minimum absolute atomic E-state index is 0.115. The number of anilines is 1. The maximum absolute atomic E-state index is 13.0. The summed E-state index contributed by atoms with van der Waals surface area (Å²) in [6.07, 6.45) is 0. The van der Waals surface area contributed by atoms with E-state index in [1.165, 1.54) is 7.11 Å². The Bertz CT molecular complexity index is 969. The van der Waals surface area contributed by atoms with Crippen molar-refractivity contribution >= 4 is 28.5 Å². The molecular formula is C21H22N2O3. The molecule has 0 aliphatic heterocycles. The van der Waals surface area contributed by atoms with Crippen molar-refractivity contribution < 1.29 is 14.3 Å². The number of methoxy groups -OCH3 is 1. The second-order valence-electron chi connectivity index (χ2n) is 6.82. The van der Waals surface area contributed by atoms with Crippen molar-refractivity contribution in [2.24, 2.45) is 0 Å². The number of fused-ring (bicyclic) bond motifs is 1. The summed E-state index contributed by atoms with van der Waals surface area (Å²) in [4.78, 5) is 27.8. The predicted molar refractivity (Wildman–Crippen MR) is 102 cm³/mol. The first-order valence-electron chi connectivity index (χ1n) is 8.42. The largest absolute Gasteiger partial charge is 0.465 e. The van der Waals surface area contributed by atoms with Gasteiger partial charge in [-0.15, -0.1) is 0 Å². The third-order valence-corrected chi connectivity index (χ3v) is 4.65. The molecule has 5 heteroatoms. The molecule has 0 bridgehead atoms. The van der Waals surface area contributed by atoms with Gasteiger partial charge in [0.2, 0.25) is 5.91 Å². The van der Waals surface area contributed by atoms with Gasteiger partial charge in [-0.3, -0.25) is 4.79 Å². The number of benzene rings is 2. The van der Waals surface area contributed by atoms with Gasteiger partial charge in [0.05, 0.1) is 18.1 Å². The summed E-state index contributed by atoms with van der Waals surface area (Å²) < 4.78 is 4.68. The van der Waals surface area contributed by atoms with Crippen LogP contribution in [-0.4, -0.2) is 24.0 Å². The van der Waals surface area contributed by atoms with Gasteiger partial charge in [-0.2, -0.15) is 0 Å². The van der Waals surface area contributed by atoms with Gasteiger partial charge in [-0.05, 0) is 56.7 Å². The van der Waals surface area contributed by atoms with Gasteiger partial charge in [0, 0.05) is 22.3 Å². The van der Waals surface area contributed by atoms with Gasteiger partial charge < -0.3 is 15.0 Å². The first kappa shape index (κ1) is 17.7. The number of ether oxygens (including phenoxy) is 1. The van der Waals surface area contributed by atoms with Crippen LogP contribution in [0.15, 0.2) is 48.5 Å². The highest BCUT2D eigenvalue weighted by Gasteiger charge is 2.34. The Morgan fingerprint density at radius 3 is 2.35 bits per heavy atom. The number of amides is 1. The maximum Gasteiger partial charge on any atom is 0.337 e. The number of carbonyl (C=O) groups excluding carboxylic acids is 2. The van der Waals surface area contributed by atoms with Crippen molar-refractivity contribution in [1.82, 2.24) is 4.98 Å². The summed E-state index contributed by atoms with van der Waals surface area (Å²) in [7, 11) is 1.34. The summed E-state index contributed by atoms with van der Waals surface area (Å²) >= 11 is 0. The average Bonchev–Trinajstić information content (AvgIpc) is 2.98. The fourth-order valence-electron chi connectivity index (χ4n) is 3.29. The molecule has 1 amide bonds. The van der Waals surface area contributed by atoms with E-state index in [2.05, 4.69) is 15.0 Å². The molecule has 0 atom stereocenters. The fourth-order valence-corrected chi connectivity index (χ4v) is 3.29. The maximum atomic E-state index is 13.0. The van der Waals surface area contributed by atoms with Gasteiger partial charge in [-0.1, -0.05) is 18.2 Å². The van der Waals surface area contributed by atoms with Crippen LogP contribution in [0.3, 0.4) is 0 Å². The van der Waals surface area contributed by atoms with Gasteiger partial charge >= 0.3 is 5.97 Å². The zero-order valence-electron chi connectivity index (χ0n) is 15.3. The fraction of sp³-hybridized carbons (Fsp3) is 0.238. The molecule has 5 nitrogen and oxygen atoms in total. The molecule has 0 spiro atoms. The van der Waals surface area contributed by atoms with E-state index in [1.54, 1.807) is 24.3 Å². The monoisotopic (exact) mass is 350 g/mol. The molecule has 0 aliphatic carbocycles. The summed E-state index contributed by atoms with van der Waals surface area (Å²) in [5.74, 6) is -0.520. The SMILES string of the molecule is COC(=O)c1ccc(NC(=O)C(C)(C)c2c(C)[nH]c3ccccc23)cc1. The number of hydrogen-bond acceptors (Lipinski definition) is 3. The zero-order valence-corrected chi connectivity index (χ0v) is 15.3. The number of H-pyrrole nitrogens is 1. The Kier molecular flexibility index (Phi) is 4.55. The first-order chi connectivity index (χ1) is 12.3. The Hall–Kier alpha value is -3.08. The highest BCUT2D eigenvalue weighted by atomic mass is 16.5. The molecule has 0 aliphatic rings. The van der Waals surface area contributed by atoms with E-state index in [0.29, 0.717) is 11.3 Å². The Labute approximate surface area is 152 Å². The van der Waals surface area contributed by atoms with Gasteiger partial charge in [0.15, 0.2) is 0 Å². The molecule has 1 aromatic heterocycles. The number of carbonyl (C=O) groups is 2. The molecule has 3 rings (SSSR count). The number of nitrogens with one attached hydrogen (secondary N) is 2. The standard InChI is InChI=1S/C21H22N2O3/c1-13-18(16-7-5-6-8-17(16)22-13)21(2,3)20(25)23-15-11-9-14(10-12-15)19(24)26-4/h5-12,22H,1-4H3,(H,23,25). The smallest absolute Gasteiger partial charge is 0.337 e. The van der Waals surface area contributed by atoms with Crippen molar-refractivity contribution in [3.63, 3.8) is 0 Å². The molecule has 1 heterocycles. The summed E-state index contributed by atoms with van der Waals surface area (Å²) in [5.41, 5.74) is 3.32. The number of aromatic amines is 1. The molecule has 2 N–H and O–H groups in total. The van der Waals surface area contributed by atoms with Gasteiger partial charge in [0.1, 0.15) is 0 Å². The number of para-hydroxylation sites is 1. The van der Waals surface area contributed by atoms with Crippen LogP contribution < -0.4 is 5.32 Å². The lowest BCUT2D eigenvalue weighted by molar-refractivity contribution is -0.120. The normalized spacial score (nSPS) is 11.4. The molecule has 0 saturated carbocycles. The van der Waals surface area contributed by atoms with E-state index in [9.17, 15) is 9.59 Å². The van der Waals surface area contributed by atoms with Crippen LogP contribution in [0.25, 0.3) is 10.9 Å². The number of hydrogen-bond donors (Lipinski definition) is 2. The molecule has 26 heavy (non-hydrogen) atoms. The highest BCUT2D eigenvalue weighted by Crippen LogP contribution is 2.34. The van der Waals surface area contributed by atoms with Crippen LogP contribution >= 0.6 is 0 Å². The number of aryl methyl sites for hydroxylation is 1. The third-order valence-electron chi connectivity index (χ3n) is 4.65. The lowest BCUT2D eigenvalue weighted by Crippen LogP contribution is -2.35. The van der Waals surface area contributed by atoms with E-state index in [4.69, 9.17) is 0 Å². The van der Waals surface area contributed by atoms with Crippen LogP contribution in [0.2, 0.25) is 0 Å². The molecule has 3 aromatic rings. The third kappa shape index (κ3) is 3.08. The molecule has 0 saturated heterocycles. The van der Waals surface area contributed by atoms with E-state index in [-0.39, 0.29) is 5.91 Å². The Morgan fingerprint density at radius 2 is 1.69 bits per heavy atom. The van der Waals surface area contributed by atoms with Crippen LogP contribution in [-0.2, 0) is 14.9 Å². The van der Waals surface area contributed by atoms with Crippen LogP contribution in [0.4, 0.5) is 5.69 Å². The van der Waals surface area contributed by atoms with Crippen molar-refractivity contribution in [3.05, 3.63) is 65.4 Å². The minimum atomic E-state index is -0.731. The Morgan fingerprint density at radius 1 is 1.04 bits per heavy atom. The first-order valence-corrected chi connectivity index (χ1v) is 8.42. The van der Waals surface area contributed by atoms with Crippen molar-refractivity contribution in [2.75, 3.05) is 12.4 Å². The highest BCUT2D eigenvalue weighted by molar-refractivity contribution is 6.02.